The van der Waals surface area contributed by atoms with Gasteiger partial charge in [0.25, 0.3) is 0 Å². The Labute approximate surface area is 87.0 Å². The van der Waals surface area contributed by atoms with Gasteiger partial charge in [-0.05, 0) is 30.5 Å². The summed E-state index contributed by atoms with van der Waals surface area (Å²) < 4.78 is 1.22. The molecule has 74 valence electrons. The van der Waals surface area contributed by atoms with E-state index < -0.39 is 6.10 Å². The predicted octanol–water partition coefficient (Wildman–Crippen LogP) is 2.28. The fourth-order valence-corrected chi connectivity index (χ4v) is 2.55. The molecule has 1 aromatic carbocycles. The maximum absolute atomic E-state index is 9.75. The molecular weight excluding hydrogens is 194 g/mol. The van der Waals surface area contributed by atoms with Gasteiger partial charge < -0.3 is 10.8 Å². The average molecular weight is 207 g/mol. The Bertz CT molecular complexity index is 391. The smallest absolute Gasteiger partial charge is 0.0894 e. The van der Waals surface area contributed by atoms with Gasteiger partial charge in [0.05, 0.1) is 6.10 Å². The van der Waals surface area contributed by atoms with Gasteiger partial charge >= 0.3 is 0 Å². The average Bonchev–Trinajstić information content (AvgIpc) is 2.61. The van der Waals surface area contributed by atoms with Crippen molar-refractivity contribution in [3.63, 3.8) is 0 Å². The summed E-state index contributed by atoms with van der Waals surface area (Å²) in [4.78, 5) is 1.01. The van der Waals surface area contributed by atoms with Crippen LogP contribution < -0.4 is 5.73 Å². The number of hydrogen-bond acceptors (Lipinski definition) is 3. The van der Waals surface area contributed by atoms with Crippen molar-refractivity contribution in [3.05, 3.63) is 35.2 Å². The summed E-state index contributed by atoms with van der Waals surface area (Å²) in [5.74, 6) is 0. The Morgan fingerprint density at radius 1 is 1.36 bits per heavy atom. The number of fused-ring (bicyclic) bond motifs is 1. The van der Waals surface area contributed by atoms with Gasteiger partial charge in [0.1, 0.15) is 0 Å². The van der Waals surface area contributed by atoms with Crippen LogP contribution in [0.1, 0.15) is 17.4 Å². The van der Waals surface area contributed by atoms with E-state index in [4.69, 9.17) is 5.73 Å². The van der Waals surface area contributed by atoms with E-state index in [0.717, 1.165) is 4.88 Å². The summed E-state index contributed by atoms with van der Waals surface area (Å²) in [5.41, 5.74) is 5.41. The third kappa shape index (κ3) is 1.80. The fourth-order valence-electron chi connectivity index (χ4n) is 1.47. The number of nitrogens with two attached hydrogens (primary N) is 1. The Hall–Kier alpha value is -0.900. The lowest BCUT2D eigenvalue weighted by molar-refractivity contribution is 0.174. The molecule has 1 aromatic heterocycles. The number of benzene rings is 1. The lowest BCUT2D eigenvalue weighted by atomic mass is 10.2. The van der Waals surface area contributed by atoms with Crippen molar-refractivity contribution in [1.82, 2.24) is 0 Å². The highest BCUT2D eigenvalue weighted by atomic mass is 32.1. The molecule has 0 fully saturated rings. The summed E-state index contributed by atoms with van der Waals surface area (Å²) in [5, 5.41) is 10.9. The first-order valence-electron chi connectivity index (χ1n) is 4.68. The maximum Gasteiger partial charge on any atom is 0.0894 e. The van der Waals surface area contributed by atoms with Crippen molar-refractivity contribution in [2.75, 3.05) is 6.54 Å². The van der Waals surface area contributed by atoms with Gasteiger partial charge in [0, 0.05) is 9.58 Å². The SMILES string of the molecule is NCC[C@@H](O)c1cc2ccccc2s1. The van der Waals surface area contributed by atoms with Crippen LogP contribution in [0.5, 0.6) is 0 Å². The van der Waals surface area contributed by atoms with Gasteiger partial charge in [0.15, 0.2) is 0 Å². The topological polar surface area (TPSA) is 46.2 Å². The zero-order valence-electron chi connectivity index (χ0n) is 7.81. The van der Waals surface area contributed by atoms with Crippen LogP contribution in [0.15, 0.2) is 30.3 Å². The van der Waals surface area contributed by atoms with Crippen molar-refractivity contribution in [3.8, 4) is 0 Å². The first kappa shape index (κ1) is 9.65. The van der Waals surface area contributed by atoms with Crippen molar-refractivity contribution in [1.29, 1.82) is 0 Å². The molecule has 2 aromatic rings. The third-order valence-corrected chi connectivity index (χ3v) is 3.43. The van der Waals surface area contributed by atoms with E-state index in [1.807, 2.05) is 18.2 Å². The maximum atomic E-state index is 9.75. The summed E-state index contributed by atoms with van der Waals surface area (Å²) >= 11 is 1.64. The molecule has 3 N–H and O–H groups in total. The predicted molar refractivity (Wildman–Crippen MR) is 60.5 cm³/mol. The van der Waals surface area contributed by atoms with Gasteiger partial charge in [-0.25, -0.2) is 0 Å². The van der Waals surface area contributed by atoms with Gasteiger partial charge in [-0.15, -0.1) is 11.3 Å². The van der Waals surface area contributed by atoms with Gasteiger partial charge in [-0.1, -0.05) is 18.2 Å². The molecule has 0 aliphatic rings. The van der Waals surface area contributed by atoms with Crippen LogP contribution in [-0.2, 0) is 0 Å². The van der Waals surface area contributed by atoms with E-state index in [9.17, 15) is 5.11 Å². The van der Waals surface area contributed by atoms with Crippen LogP contribution in [0.25, 0.3) is 10.1 Å². The minimum Gasteiger partial charge on any atom is -0.388 e. The molecule has 3 heteroatoms. The van der Waals surface area contributed by atoms with E-state index in [2.05, 4.69) is 12.1 Å². The highest BCUT2D eigenvalue weighted by molar-refractivity contribution is 7.19. The standard InChI is InChI=1S/C11H13NOS/c12-6-5-9(13)11-7-8-3-1-2-4-10(8)14-11/h1-4,7,9,13H,5-6,12H2/t9-/m1/s1. The van der Waals surface area contributed by atoms with Crippen LogP contribution in [0.3, 0.4) is 0 Å². The highest BCUT2D eigenvalue weighted by Gasteiger charge is 2.09. The molecule has 0 radical (unpaired) electrons. The lowest BCUT2D eigenvalue weighted by Crippen LogP contribution is -2.05. The summed E-state index contributed by atoms with van der Waals surface area (Å²) in [6.07, 6.45) is 0.227. The lowest BCUT2D eigenvalue weighted by Gasteiger charge is -2.04. The monoisotopic (exact) mass is 207 g/mol. The molecule has 0 bridgehead atoms. The molecule has 1 atom stereocenters. The Morgan fingerprint density at radius 2 is 2.14 bits per heavy atom. The normalized spacial score (nSPS) is 13.3. The molecule has 0 aliphatic heterocycles. The van der Waals surface area contributed by atoms with E-state index in [1.165, 1.54) is 10.1 Å². The van der Waals surface area contributed by atoms with E-state index in [0.29, 0.717) is 13.0 Å². The van der Waals surface area contributed by atoms with Crippen LogP contribution in [0.4, 0.5) is 0 Å². The molecule has 0 spiro atoms. The zero-order valence-corrected chi connectivity index (χ0v) is 8.63. The van der Waals surface area contributed by atoms with Crippen molar-refractivity contribution in [2.45, 2.75) is 12.5 Å². The van der Waals surface area contributed by atoms with Crippen LogP contribution in [-0.4, -0.2) is 11.7 Å². The minimum absolute atomic E-state index is 0.405. The first-order chi connectivity index (χ1) is 6.81. The molecule has 14 heavy (non-hydrogen) atoms. The second-order valence-electron chi connectivity index (χ2n) is 3.28. The molecule has 0 unspecified atom stereocenters. The van der Waals surface area contributed by atoms with E-state index >= 15 is 0 Å². The van der Waals surface area contributed by atoms with Crippen LogP contribution in [0, 0.1) is 0 Å². The first-order valence-corrected chi connectivity index (χ1v) is 5.49. The van der Waals surface area contributed by atoms with Crippen LogP contribution in [0.2, 0.25) is 0 Å². The summed E-state index contributed by atoms with van der Waals surface area (Å²) in [6.45, 7) is 0.523. The van der Waals surface area contributed by atoms with Crippen molar-refractivity contribution in [2.24, 2.45) is 5.73 Å². The second kappa shape index (κ2) is 4.09. The zero-order chi connectivity index (χ0) is 9.97. The van der Waals surface area contributed by atoms with E-state index in [1.54, 1.807) is 11.3 Å². The Kier molecular flexibility index (Phi) is 2.82. The number of rotatable bonds is 3. The second-order valence-corrected chi connectivity index (χ2v) is 4.40. The molecular formula is C11H13NOS. The van der Waals surface area contributed by atoms with Gasteiger partial charge in [-0.3, -0.25) is 0 Å². The van der Waals surface area contributed by atoms with Crippen molar-refractivity contribution < 1.29 is 5.11 Å². The molecule has 1 heterocycles. The van der Waals surface area contributed by atoms with Gasteiger partial charge in [0.2, 0.25) is 0 Å². The molecule has 2 nitrogen and oxygen atoms in total. The molecule has 0 saturated carbocycles. The fraction of sp³-hybridized carbons (Fsp3) is 0.273. The highest BCUT2D eigenvalue weighted by Crippen LogP contribution is 2.30. The largest absolute Gasteiger partial charge is 0.388 e. The van der Waals surface area contributed by atoms with Gasteiger partial charge in [-0.2, -0.15) is 0 Å². The summed E-state index contributed by atoms with van der Waals surface area (Å²) in [6, 6.07) is 10.2. The molecule has 0 amide bonds. The van der Waals surface area contributed by atoms with E-state index in [-0.39, 0.29) is 0 Å². The molecule has 0 aliphatic carbocycles. The molecule has 2 rings (SSSR count). The minimum atomic E-state index is -0.405. The number of thiophene rings is 1. The third-order valence-electron chi connectivity index (χ3n) is 2.21. The van der Waals surface area contributed by atoms with Crippen molar-refractivity contribution >= 4 is 21.4 Å². The molecule has 0 saturated heterocycles. The quantitative estimate of drug-likeness (QED) is 0.811. The Balaban J connectivity index is 2.35. The summed E-state index contributed by atoms with van der Waals surface area (Å²) in [7, 11) is 0. The Morgan fingerprint density at radius 3 is 2.86 bits per heavy atom. The number of aliphatic hydroxyl groups excluding tert-OH is 1. The number of aliphatic hydroxyl groups is 1. The number of hydrogen-bond donors (Lipinski definition) is 2. The van der Waals surface area contributed by atoms with Crippen LogP contribution >= 0.6 is 11.3 Å².